The van der Waals surface area contributed by atoms with Crippen molar-refractivity contribution in [1.29, 1.82) is 0 Å². The summed E-state index contributed by atoms with van der Waals surface area (Å²) in [5, 5.41) is 10.4. The molecule has 0 unspecified atom stereocenters. The van der Waals surface area contributed by atoms with Crippen molar-refractivity contribution in [3.8, 4) is 5.69 Å². The summed E-state index contributed by atoms with van der Waals surface area (Å²) >= 11 is 8.64. The Labute approximate surface area is 213 Å². The topological polar surface area (TPSA) is 92.9 Å². The molecule has 4 heterocycles. The lowest BCUT2D eigenvalue weighted by Crippen LogP contribution is -2.15. The van der Waals surface area contributed by atoms with Gasteiger partial charge >= 0.3 is 0 Å². The number of aromatic nitrogens is 6. The number of anilines is 1. The number of para-hydroxylation sites is 3. The van der Waals surface area contributed by atoms with Gasteiger partial charge in [0, 0.05) is 11.8 Å². The van der Waals surface area contributed by atoms with E-state index in [1.165, 1.54) is 23.1 Å². The van der Waals surface area contributed by atoms with Crippen molar-refractivity contribution in [3.05, 3.63) is 69.8 Å². The molecule has 0 saturated carbocycles. The summed E-state index contributed by atoms with van der Waals surface area (Å²) in [6.45, 7) is 3.94. The summed E-state index contributed by atoms with van der Waals surface area (Å²) in [6, 6.07) is 17.8. The highest BCUT2D eigenvalue weighted by Crippen LogP contribution is 2.34. The van der Waals surface area contributed by atoms with Gasteiger partial charge in [-0.25, -0.2) is 9.97 Å². The lowest BCUT2D eigenvalue weighted by atomic mass is 10.2. The predicted molar refractivity (Wildman–Crippen MR) is 143 cm³/mol. The molecule has 0 saturated heterocycles. The van der Waals surface area contributed by atoms with E-state index in [0.717, 1.165) is 44.0 Å². The third-order valence-electron chi connectivity index (χ3n) is 5.61. The Bertz CT molecular complexity index is 1810. The first-order valence-corrected chi connectivity index (χ1v) is 13.0. The molecule has 0 atom stereocenters. The van der Waals surface area contributed by atoms with Gasteiger partial charge in [0.15, 0.2) is 26.2 Å². The average Bonchev–Trinajstić information content (AvgIpc) is 3.52. The lowest BCUT2D eigenvalue weighted by Gasteiger charge is -2.10. The first-order valence-electron chi connectivity index (χ1n) is 10.8. The summed E-state index contributed by atoms with van der Waals surface area (Å²) in [7, 11) is 0. The number of aromatic amines is 1. The molecule has 0 spiro atoms. The van der Waals surface area contributed by atoms with E-state index in [2.05, 4.69) is 28.5 Å². The van der Waals surface area contributed by atoms with Crippen molar-refractivity contribution in [2.75, 3.05) is 11.1 Å². The number of thiazole rings is 1. The number of thioether (sulfide) groups is 1. The van der Waals surface area contributed by atoms with E-state index in [0.29, 0.717) is 14.9 Å². The molecule has 2 aromatic carbocycles. The Hall–Kier alpha value is -3.54. The van der Waals surface area contributed by atoms with Gasteiger partial charge in [-0.1, -0.05) is 53.4 Å². The fourth-order valence-electron chi connectivity index (χ4n) is 4.04. The number of hydrogen-bond acceptors (Lipinski definition) is 7. The minimum Gasteiger partial charge on any atom is -0.308 e. The van der Waals surface area contributed by atoms with E-state index >= 15 is 0 Å². The van der Waals surface area contributed by atoms with Crippen molar-refractivity contribution in [2.45, 2.75) is 19.0 Å². The van der Waals surface area contributed by atoms with Gasteiger partial charge in [0.2, 0.25) is 5.91 Å². The molecule has 0 aliphatic carbocycles. The van der Waals surface area contributed by atoms with Crippen molar-refractivity contribution in [3.63, 3.8) is 0 Å². The molecule has 174 valence electrons. The normalized spacial score (nSPS) is 11.6. The van der Waals surface area contributed by atoms with Crippen molar-refractivity contribution < 1.29 is 4.79 Å². The average molecular weight is 518 g/mol. The van der Waals surface area contributed by atoms with Crippen molar-refractivity contribution in [2.24, 2.45) is 0 Å². The van der Waals surface area contributed by atoms with Gasteiger partial charge in [-0.15, -0.1) is 0 Å². The van der Waals surface area contributed by atoms with Gasteiger partial charge < -0.3 is 5.32 Å². The number of carbonyl (C=O) groups excluding carboxylic acids is 1. The maximum atomic E-state index is 12.7. The number of benzene rings is 2. The molecule has 8 nitrogen and oxygen atoms in total. The largest absolute Gasteiger partial charge is 0.308 e. The molecule has 6 aromatic rings. The minimum atomic E-state index is -0.165. The molecule has 0 aliphatic heterocycles. The SMILES string of the molecule is Cc1cc(NC(=O)CSc2nc3c(sc(=S)n3-c3ccccc3C)c3nc4ccccc4n23)n[nH]1. The zero-order chi connectivity index (χ0) is 24.1. The number of rotatable bonds is 5. The maximum Gasteiger partial charge on any atom is 0.236 e. The van der Waals surface area contributed by atoms with Gasteiger partial charge in [-0.2, -0.15) is 5.10 Å². The number of nitrogens with one attached hydrogen (secondary N) is 2. The molecule has 0 bridgehead atoms. The van der Waals surface area contributed by atoms with Crippen LogP contribution in [0, 0.1) is 17.8 Å². The lowest BCUT2D eigenvalue weighted by molar-refractivity contribution is -0.113. The Morgan fingerprint density at radius 1 is 1.11 bits per heavy atom. The number of nitrogens with zero attached hydrogens (tertiary/aromatic N) is 5. The Balaban J connectivity index is 1.51. The number of carbonyl (C=O) groups is 1. The van der Waals surface area contributed by atoms with E-state index < -0.39 is 0 Å². The minimum absolute atomic E-state index is 0.165. The second-order valence-electron chi connectivity index (χ2n) is 8.07. The van der Waals surface area contributed by atoms with Crippen LogP contribution in [-0.2, 0) is 4.79 Å². The number of hydrogen-bond donors (Lipinski definition) is 2. The number of fused-ring (bicyclic) bond motifs is 5. The molecule has 0 radical (unpaired) electrons. The van der Waals surface area contributed by atoms with Gasteiger partial charge in [-0.05, 0) is 49.8 Å². The van der Waals surface area contributed by atoms with E-state index in [1.54, 1.807) is 6.07 Å². The number of aryl methyl sites for hydroxylation is 2. The monoisotopic (exact) mass is 517 g/mol. The van der Waals surface area contributed by atoms with Crippen LogP contribution in [0.1, 0.15) is 11.3 Å². The highest BCUT2D eigenvalue weighted by Gasteiger charge is 2.20. The number of amides is 1. The molecule has 2 N–H and O–H groups in total. The van der Waals surface area contributed by atoms with Crippen LogP contribution >= 0.6 is 35.3 Å². The van der Waals surface area contributed by atoms with Crippen molar-refractivity contribution >= 4 is 74.1 Å². The van der Waals surface area contributed by atoms with E-state index in [1.807, 2.05) is 58.4 Å². The molecule has 11 heteroatoms. The van der Waals surface area contributed by atoms with Crippen LogP contribution < -0.4 is 5.32 Å². The zero-order valence-electron chi connectivity index (χ0n) is 18.8. The van der Waals surface area contributed by atoms with Gasteiger partial charge in [0.1, 0.15) is 4.70 Å². The van der Waals surface area contributed by atoms with Gasteiger partial charge in [-0.3, -0.25) is 18.9 Å². The van der Waals surface area contributed by atoms with Crippen molar-refractivity contribution in [1.82, 2.24) is 29.1 Å². The summed E-state index contributed by atoms with van der Waals surface area (Å²) < 4.78 is 5.63. The van der Waals surface area contributed by atoms with Crippen LogP contribution in [0.3, 0.4) is 0 Å². The Morgan fingerprint density at radius 3 is 2.71 bits per heavy atom. The standard InChI is InChI=1S/C24H19N7OS3/c1-13-7-3-5-9-16(13)31-22-20(35-24(31)33)21-25-15-8-4-6-10-17(15)30(21)23(27-22)34-12-19(32)26-18-11-14(2)28-29-18/h3-11H,12H2,1-2H3,(H2,26,28,29,32). The molecular weight excluding hydrogens is 499 g/mol. The number of imidazole rings is 1. The van der Waals surface area contributed by atoms with Crippen LogP contribution in [0.2, 0.25) is 0 Å². The highest BCUT2D eigenvalue weighted by molar-refractivity contribution is 7.99. The van der Waals surface area contributed by atoms with Gasteiger partial charge in [0.05, 0.1) is 22.5 Å². The molecular formula is C24H19N7OS3. The van der Waals surface area contributed by atoms with Crippen LogP contribution in [0.5, 0.6) is 0 Å². The summed E-state index contributed by atoms with van der Waals surface area (Å²) in [5.41, 5.74) is 6.28. The van der Waals surface area contributed by atoms with E-state index in [4.69, 9.17) is 22.2 Å². The fourth-order valence-corrected chi connectivity index (χ4v) is 6.18. The number of H-pyrrole nitrogens is 1. The fraction of sp³-hybridized carbons (Fsp3) is 0.125. The second kappa shape index (κ2) is 8.59. The Kier molecular flexibility index (Phi) is 5.39. The molecule has 0 fully saturated rings. The molecule has 1 amide bonds. The van der Waals surface area contributed by atoms with Crippen LogP contribution in [0.25, 0.3) is 32.7 Å². The first-order chi connectivity index (χ1) is 17.0. The summed E-state index contributed by atoms with van der Waals surface area (Å²) in [4.78, 5) is 22.6. The van der Waals surface area contributed by atoms with Crippen LogP contribution in [0.4, 0.5) is 5.82 Å². The van der Waals surface area contributed by atoms with Gasteiger partial charge in [0.25, 0.3) is 0 Å². The summed E-state index contributed by atoms with van der Waals surface area (Å²) in [5.74, 6) is 0.504. The molecule has 35 heavy (non-hydrogen) atoms. The Morgan fingerprint density at radius 2 is 1.91 bits per heavy atom. The molecule has 6 rings (SSSR count). The molecule has 0 aliphatic rings. The van der Waals surface area contributed by atoms with E-state index in [-0.39, 0.29) is 11.7 Å². The van der Waals surface area contributed by atoms with Crippen LogP contribution in [0.15, 0.2) is 59.8 Å². The van der Waals surface area contributed by atoms with Crippen LogP contribution in [-0.4, -0.2) is 40.8 Å². The van der Waals surface area contributed by atoms with E-state index in [9.17, 15) is 4.79 Å². The smallest absolute Gasteiger partial charge is 0.236 e. The summed E-state index contributed by atoms with van der Waals surface area (Å²) in [6.07, 6.45) is 0. The predicted octanol–water partition coefficient (Wildman–Crippen LogP) is 5.69. The first kappa shape index (κ1) is 22.0. The highest BCUT2D eigenvalue weighted by atomic mass is 32.2. The second-order valence-corrected chi connectivity index (χ2v) is 10.7. The quantitative estimate of drug-likeness (QED) is 0.173. The zero-order valence-corrected chi connectivity index (χ0v) is 21.2. The third-order valence-corrected chi connectivity index (χ3v) is 7.90. The third kappa shape index (κ3) is 3.81. The molecule has 4 aromatic heterocycles. The maximum absolute atomic E-state index is 12.7.